The number of hydrogen-bond donors (Lipinski definition) is 0. The van der Waals surface area contributed by atoms with E-state index in [1.54, 1.807) is 0 Å². The van der Waals surface area contributed by atoms with E-state index in [9.17, 15) is 13.2 Å². The molecule has 0 N–H and O–H groups in total. The number of halogens is 2. The van der Waals surface area contributed by atoms with Crippen molar-refractivity contribution in [3.63, 3.8) is 0 Å². The molecule has 0 aliphatic rings. The number of carbonyl (C=O) groups is 1. The number of sulfonamides is 1. The summed E-state index contributed by atoms with van der Waals surface area (Å²) in [5, 5.41) is 1.26. The van der Waals surface area contributed by atoms with Crippen LogP contribution in [0.1, 0.15) is 21.6 Å². The van der Waals surface area contributed by atoms with E-state index >= 15 is 0 Å². The first-order valence-electron chi connectivity index (χ1n) is 8.70. The highest BCUT2D eigenvalue weighted by atomic mass is 35.5. The number of hydrogen-bond acceptors (Lipinski definition) is 6. The number of fused-ring (bicyclic) bond motifs is 1. The first kappa shape index (κ1) is 22.5. The SMILES string of the molecule is CON(C)S(=O)(=O)c1cc(C(=O)OCc2nc3ccccc3c(C)c2Cl)ccc1Cl. The largest absolute Gasteiger partial charge is 0.456 e. The van der Waals surface area contributed by atoms with Crippen LogP contribution in [-0.4, -0.2) is 38.0 Å². The summed E-state index contributed by atoms with van der Waals surface area (Å²) in [6, 6.07) is 11.3. The van der Waals surface area contributed by atoms with E-state index in [0.29, 0.717) is 15.2 Å². The van der Waals surface area contributed by atoms with Gasteiger partial charge in [-0.2, -0.15) is 0 Å². The number of hydroxylamine groups is 1. The summed E-state index contributed by atoms with van der Waals surface area (Å²) in [5.41, 5.74) is 1.97. The van der Waals surface area contributed by atoms with Crippen LogP contribution in [0.15, 0.2) is 47.4 Å². The number of benzene rings is 2. The van der Waals surface area contributed by atoms with Crippen LogP contribution in [0.25, 0.3) is 10.9 Å². The van der Waals surface area contributed by atoms with Crippen molar-refractivity contribution >= 4 is 50.1 Å². The van der Waals surface area contributed by atoms with Gasteiger partial charge in [0.25, 0.3) is 10.0 Å². The summed E-state index contributed by atoms with van der Waals surface area (Å²) in [5.74, 6) is -0.744. The van der Waals surface area contributed by atoms with Gasteiger partial charge in [0.15, 0.2) is 0 Å². The molecule has 0 bridgehead atoms. The first-order valence-corrected chi connectivity index (χ1v) is 10.9. The molecule has 0 unspecified atom stereocenters. The number of rotatable bonds is 6. The molecule has 0 saturated heterocycles. The molecule has 0 atom stereocenters. The highest BCUT2D eigenvalue weighted by Crippen LogP contribution is 2.28. The normalized spacial score (nSPS) is 11.8. The number of para-hydroxylation sites is 1. The van der Waals surface area contributed by atoms with Gasteiger partial charge in [-0.1, -0.05) is 45.9 Å². The summed E-state index contributed by atoms with van der Waals surface area (Å²) >= 11 is 12.4. The molecular formula is C20H18Cl2N2O5S. The van der Waals surface area contributed by atoms with Gasteiger partial charge in [-0.05, 0) is 36.8 Å². The Hall–Kier alpha value is -2.23. The van der Waals surface area contributed by atoms with Crippen LogP contribution in [0.4, 0.5) is 0 Å². The lowest BCUT2D eigenvalue weighted by molar-refractivity contribution is -0.0258. The van der Waals surface area contributed by atoms with Crippen LogP contribution in [0, 0.1) is 6.92 Å². The standard InChI is InChI=1S/C20H18Cl2N2O5S/c1-12-14-6-4-5-7-16(14)23-17(19(12)22)11-29-20(25)13-8-9-15(21)18(10-13)30(26,27)24(2)28-3/h4-10H,11H2,1-3H3. The Bertz CT molecular complexity index is 1230. The molecule has 0 amide bonds. The third-order valence-electron chi connectivity index (χ3n) is 4.53. The van der Waals surface area contributed by atoms with Crippen LogP contribution in [0.2, 0.25) is 10.0 Å². The summed E-state index contributed by atoms with van der Waals surface area (Å²) in [6.07, 6.45) is 0. The molecular weight excluding hydrogens is 451 g/mol. The second-order valence-corrected chi connectivity index (χ2v) is 9.02. The number of ether oxygens (including phenoxy) is 1. The Morgan fingerprint density at radius 3 is 2.57 bits per heavy atom. The van der Waals surface area contributed by atoms with Crippen LogP contribution >= 0.6 is 23.2 Å². The molecule has 0 saturated carbocycles. The van der Waals surface area contributed by atoms with E-state index in [2.05, 4.69) is 4.98 Å². The number of pyridine rings is 1. The highest BCUT2D eigenvalue weighted by molar-refractivity contribution is 7.89. The molecule has 0 fully saturated rings. The van der Waals surface area contributed by atoms with Crippen molar-refractivity contribution in [1.29, 1.82) is 0 Å². The molecule has 0 aliphatic carbocycles. The van der Waals surface area contributed by atoms with Crippen molar-refractivity contribution in [1.82, 2.24) is 9.45 Å². The third-order valence-corrected chi connectivity index (χ3v) is 7.19. The van der Waals surface area contributed by atoms with Crippen molar-refractivity contribution in [3.8, 4) is 0 Å². The number of carbonyl (C=O) groups excluding carboxylic acids is 1. The van der Waals surface area contributed by atoms with E-state index in [0.717, 1.165) is 22.5 Å². The summed E-state index contributed by atoms with van der Waals surface area (Å²) in [4.78, 5) is 21.4. The Kier molecular flexibility index (Phi) is 6.64. The van der Waals surface area contributed by atoms with Gasteiger partial charge in [-0.3, -0.25) is 4.84 Å². The maximum Gasteiger partial charge on any atom is 0.338 e. The average Bonchev–Trinajstić information content (AvgIpc) is 2.74. The Labute approximate surface area is 184 Å². The minimum Gasteiger partial charge on any atom is -0.456 e. The molecule has 3 aromatic rings. The molecule has 0 radical (unpaired) electrons. The molecule has 30 heavy (non-hydrogen) atoms. The van der Waals surface area contributed by atoms with Gasteiger partial charge >= 0.3 is 5.97 Å². The van der Waals surface area contributed by atoms with Gasteiger partial charge in [0.2, 0.25) is 0 Å². The van der Waals surface area contributed by atoms with E-state index in [1.807, 2.05) is 31.2 Å². The van der Waals surface area contributed by atoms with E-state index in [-0.39, 0.29) is 22.1 Å². The highest BCUT2D eigenvalue weighted by Gasteiger charge is 2.25. The lowest BCUT2D eigenvalue weighted by atomic mass is 10.1. The van der Waals surface area contributed by atoms with Gasteiger partial charge < -0.3 is 4.74 Å². The molecule has 1 heterocycles. The van der Waals surface area contributed by atoms with Crippen molar-refractivity contribution in [3.05, 3.63) is 69.3 Å². The van der Waals surface area contributed by atoms with Gasteiger partial charge in [0.05, 0.1) is 33.9 Å². The van der Waals surface area contributed by atoms with E-state index in [1.165, 1.54) is 26.3 Å². The second kappa shape index (κ2) is 8.87. The predicted octanol–water partition coefficient (Wildman–Crippen LogP) is 4.39. The summed E-state index contributed by atoms with van der Waals surface area (Å²) in [7, 11) is -1.63. The number of aromatic nitrogens is 1. The second-order valence-electron chi connectivity index (χ2n) is 6.33. The van der Waals surface area contributed by atoms with Crippen molar-refractivity contribution in [2.75, 3.05) is 14.2 Å². The van der Waals surface area contributed by atoms with Crippen LogP contribution < -0.4 is 0 Å². The van der Waals surface area contributed by atoms with E-state index in [4.69, 9.17) is 32.8 Å². The minimum atomic E-state index is -4.04. The third kappa shape index (κ3) is 4.28. The van der Waals surface area contributed by atoms with E-state index < -0.39 is 16.0 Å². The van der Waals surface area contributed by atoms with Crippen LogP contribution in [0.5, 0.6) is 0 Å². The molecule has 0 spiro atoms. The van der Waals surface area contributed by atoms with Crippen LogP contribution in [0.3, 0.4) is 0 Å². The zero-order valence-electron chi connectivity index (χ0n) is 16.3. The lowest BCUT2D eigenvalue weighted by Gasteiger charge is -2.16. The summed E-state index contributed by atoms with van der Waals surface area (Å²) < 4.78 is 30.9. The van der Waals surface area contributed by atoms with Gasteiger partial charge in [-0.25, -0.2) is 18.2 Å². The Balaban J connectivity index is 1.87. The van der Waals surface area contributed by atoms with Crippen LogP contribution in [-0.2, 0) is 26.2 Å². The summed E-state index contributed by atoms with van der Waals surface area (Å²) in [6.45, 7) is 1.69. The number of aryl methyl sites for hydroxylation is 1. The smallest absolute Gasteiger partial charge is 0.338 e. The zero-order valence-corrected chi connectivity index (χ0v) is 18.7. The number of esters is 1. The maximum atomic E-state index is 12.5. The fourth-order valence-electron chi connectivity index (χ4n) is 2.79. The molecule has 7 nitrogen and oxygen atoms in total. The van der Waals surface area contributed by atoms with Gasteiger partial charge in [0, 0.05) is 12.4 Å². The lowest BCUT2D eigenvalue weighted by Crippen LogP contribution is -2.26. The van der Waals surface area contributed by atoms with Crippen molar-refractivity contribution < 1.29 is 22.8 Å². The minimum absolute atomic E-state index is 0.0103. The quantitative estimate of drug-likeness (QED) is 0.393. The Morgan fingerprint density at radius 2 is 1.87 bits per heavy atom. The molecule has 10 heteroatoms. The fourth-order valence-corrected chi connectivity index (χ4v) is 4.47. The molecule has 0 aliphatic heterocycles. The number of nitrogens with zero attached hydrogens (tertiary/aromatic N) is 2. The predicted molar refractivity (Wildman–Crippen MR) is 114 cm³/mol. The molecule has 2 aromatic carbocycles. The maximum absolute atomic E-state index is 12.5. The average molecular weight is 469 g/mol. The van der Waals surface area contributed by atoms with Gasteiger partial charge in [-0.15, -0.1) is 0 Å². The Morgan fingerprint density at radius 1 is 1.17 bits per heavy atom. The first-order chi connectivity index (χ1) is 14.2. The topological polar surface area (TPSA) is 85.8 Å². The monoisotopic (exact) mass is 468 g/mol. The molecule has 1 aromatic heterocycles. The molecule has 158 valence electrons. The van der Waals surface area contributed by atoms with Gasteiger partial charge in [0.1, 0.15) is 11.5 Å². The van der Waals surface area contributed by atoms with Crippen molar-refractivity contribution in [2.24, 2.45) is 0 Å². The zero-order chi connectivity index (χ0) is 22.1. The van der Waals surface area contributed by atoms with Crippen molar-refractivity contribution in [2.45, 2.75) is 18.4 Å². The molecule has 3 rings (SSSR count). The fraction of sp³-hybridized carbons (Fsp3) is 0.200.